The fraction of sp³-hybridized carbons (Fsp3) is 0.800. The van der Waals surface area contributed by atoms with Crippen molar-refractivity contribution in [2.45, 2.75) is 52.4 Å². The summed E-state index contributed by atoms with van der Waals surface area (Å²) in [6, 6.07) is 0. The molecule has 0 bridgehead atoms. The Kier molecular flexibility index (Phi) is 3.24. The fourth-order valence-corrected chi connectivity index (χ4v) is 4.18. The number of nitrogen functional groups attached to an aromatic ring is 1. The zero-order valence-corrected chi connectivity index (χ0v) is 13.1. The van der Waals surface area contributed by atoms with Crippen LogP contribution in [0.5, 0.6) is 0 Å². The lowest BCUT2D eigenvalue weighted by Crippen LogP contribution is -2.38. The second-order valence-corrected chi connectivity index (χ2v) is 7.94. The van der Waals surface area contributed by atoms with Gasteiger partial charge in [-0.15, -0.1) is 0 Å². The maximum absolute atomic E-state index is 6.06. The summed E-state index contributed by atoms with van der Waals surface area (Å²) in [6.45, 7) is 9.45. The van der Waals surface area contributed by atoms with Crippen molar-refractivity contribution in [3.05, 3.63) is 5.56 Å². The summed E-state index contributed by atoms with van der Waals surface area (Å²) in [5.74, 6) is 2.34. The third-order valence-electron chi connectivity index (χ3n) is 4.73. The third-order valence-corrected chi connectivity index (χ3v) is 5.67. The van der Waals surface area contributed by atoms with Gasteiger partial charge in [-0.05, 0) is 54.5 Å². The van der Waals surface area contributed by atoms with E-state index in [4.69, 9.17) is 5.73 Å². The molecule has 2 aliphatic rings. The molecule has 3 rings (SSSR count). The van der Waals surface area contributed by atoms with Crippen LogP contribution in [-0.4, -0.2) is 17.5 Å². The number of nitrogens with zero attached hydrogens (tertiary/aromatic N) is 2. The highest BCUT2D eigenvalue weighted by molar-refractivity contribution is 7.10. The number of rotatable bonds is 2. The standard InChI is InChI=1S/C15H25N3S/c1-15(2,3)11-6-8-18(9-7-11)14-12(10-4-5-10)13(16)17-19-14/h10-11H,4-9H2,1-3H3,(H2,16,17). The van der Waals surface area contributed by atoms with Crippen molar-refractivity contribution in [1.82, 2.24) is 4.37 Å². The van der Waals surface area contributed by atoms with Gasteiger partial charge in [0.2, 0.25) is 0 Å². The van der Waals surface area contributed by atoms with E-state index >= 15 is 0 Å². The molecule has 1 saturated carbocycles. The van der Waals surface area contributed by atoms with Crippen LogP contribution in [0.15, 0.2) is 0 Å². The maximum Gasteiger partial charge on any atom is 0.142 e. The molecule has 1 saturated heterocycles. The van der Waals surface area contributed by atoms with E-state index in [1.54, 1.807) is 11.5 Å². The Morgan fingerprint density at radius 3 is 2.32 bits per heavy atom. The Bertz CT molecular complexity index is 448. The van der Waals surface area contributed by atoms with Gasteiger partial charge in [-0.3, -0.25) is 0 Å². The molecule has 0 aromatic carbocycles. The predicted molar refractivity (Wildman–Crippen MR) is 82.9 cm³/mol. The lowest BCUT2D eigenvalue weighted by molar-refractivity contribution is 0.199. The highest BCUT2D eigenvalue weighted by Gasteiger charge is 2.34. The van der Waals surface area contributed by atoms with E-state index in [2.05, 4.69) is 30.0 Å². The van der Waals surface area contributed by atoms with Crippen LogP contribution in [0, 0.1) is 11.3 Å². The molecule has 1 aromatic heterocycles. The van der Waals surface area contributed by atoms with E-state index in [-0.39, 0.29) is 0 Å². The number of aromatic nitrogens is 1. The highest BCUT2D eigenvalue weighted by Crippen LogP contribution is 2.49. The minimum absolute atomic E-state index is 0.443. The van der Waals surface area contributed by atoms with Gasteiger partial charge >= 0.3 is 0 Å². The molecule has 2 heterocycles. The SMILES string of the molecule is CC(C)(C)C1CCN(c2snc(N)c2C2CC2)CC1. The van der Waals surface area contributed by atoms with Crippen LogP contribution in [0.25, 0.3) is 0 Å². The second kappa shape index (κ2) is 4.65. The molecule has 1 aliphatic heterocycles. The van der Waals surface area contributed by atoms with Crippen LogP contribution in [0.2, 0.25) is 0 Å². The topological polar surface area (TPSA) is 42.2 Å². The van der Waals surface area contributed by atoms with Crippen molar-refractivity contribution in [3.8, 4) is 0 Å². The average molecular weight is 279 g/mol. The van der Waals surface area contributed by atoms with Gasteiger partial charge in [-0.25, -0.2) is 0 Å². The Hall–Kier alpha value is -0.770. The largest absolute Gasteiger partial charge is 0.383 e. The van der Waals surface area contributed by atoms with E-state index in [0.717, 1.165) is 11.7 Å². The number of piperidine rings is 1. The molecule has 2 N–H and O–H groups in total. The normalized spacial score (nSPS) is 21.9. The Morgan fingerprint density at radius 1 is 1.16 bits per heavy atom. The van der Waals surface area contributed by atoms with Gasteiger partial charge in [0, 0.05) is 18.7 Å². The molecule has 1 aromatic rings. The van der Waals surface area contributed by atoms with Crippen LogP contribution < -0.4 is 10.6 Å². The molecule has 2 fully saturated rings. The molecule has 106 valence electrons. The predicted octanol–water partition coefficient (Wildman–Crippen LogP) is 3.87. The minimum Gasteiger partial charge on any atom is -0.383 e. The van der Waals surface area contributed by atoms with E-state index in [9.17, 15) is 0 Å². The number of hydrogen-bond donors (Lipinski definition) is 1. The van der Waals surface area contributed by atoms with Gasteiger partial charge in [0.25, 0.3) is 0 Å². The first-order valence-corrected chi connectivity index (χ1v) is 8.24. The minimum atomic E-state index is 0.443. The molecule has 19 heavy (non-hydrogen) atoms. The summed E-state index contributed by atoms with van der Waals surface area (Å²) in [7, 11) is 0. The van der Waals surface area contributed by atoms with Gasteiger partial charge in [0.15, 0.2) is 0 Å². The van der Waals surface area contributed by atoms with Crippen LogP contribution in [0.1, 0.15) is 57.9 Å². The van der Waals surface area contributed by atoms with Crippen molar-refractivity contribution in [3.63, 3.8) is 0 Å². The molecule has 0 unspecified atom stereocenters. The molecule has 1 aliphatic carbocycles. The molecule has 0 amide bonds. The fourth-order valence-electron chi connectivity index (χ4n) is 3.23. The smallest absolute Gasteiger partial charge is 0.142 e. The quantitative estimate of drug-likeness (QED) is 0.893. The Morgan fingerprint density at radius 2 is 1.79 bits per heavy atom. The Labute approximate surface area is 120 Å². The van der Waals surface area contributed by atoms with Gasteiger partial charge in [-0.2, -0.15) is 4.37 Å². The van der Waals surface area contributed by atoms with Crippen molar-refractivity contribution in [2.75, 3.05) is 23.7 Å². The van der Waals surface area contributed by atoms with Crippen molar-refractivity contribution in [1.29, 1.82) is 0 Å². The van der Waals surface area contributed by atoms with Crippen molar-refractivity contribution in [2.24, 2.45) is 11.3 Å². The molecule has 4 heteroatoms. The van der Waals surface area contributed by atoms with Crippen molar-refractivity contribution < 1.29 is 0 Å². The molecule has 0 atom stereocenters. The number of anilines is 2. The first-order chi connectivity index (χ1) is 8.97. The van der Waals surface area contributed by atoms with E-state index in [1.807, 2.05) is 0 Å². The lowest BCUT2D eigenvalue weighted by atomic mass is 9.75. The summed E-state index contributed by atoms with van der Waals surface area (Å²) >= 11 is 1.61. The summed E-state index contributed by atoms with van der Waals surface area (Å²) in [6.07, 6.45) is 5.19. The van der Waals surface area contributed by atoms with Gasteiger partial charge in [-0.1, -0.05) is 20.8 Å². The van der Waals surface area contributed by atoms with Crippen LogP contribution >= 0.6 is 11.5 Å². The molecule has 0 spiro atoms. The van der Waals surface area contributed by atoms with Gasteiger partial charge < -0.3 is 10.6 Å². The summed E-state index contributed by atoms with van der Waals surface area (Å²) in [5.41, 5.74) is 7.86. The Balaban J connectivity index is 1.72. The second-order valence-electron chi connectivity index (χ2n) is 7.19. The highest BCUT2D eigenvalue weighted by atomic mass is 32.1. The van der Waals surface area contributed by atoms with Crippen molar-refractivity contribution >= 4 is 22.4 Å². The van der Waals surface area contributed by atoms with E-state index in [0.29, 0.717) is 11.3 Å². The monoisotopic (exact) mass is 279 g/mol. The summed E-state index contributed by atoms with van der Waals surface area (Å²) in [5, 5.41) is 1.37. The van der Waals surface area contributed by atoms with E-state index in [1.165, 1.54) is 49.3 Å². The van der Waals surface area contributed by atoms with E-state index < -0.39 is 0 Å². The number of nitrogens with two attached hydrogens (primary N) is 1. The average Bonchev–Trinajstić information content (AvgIpc) is 3.12. The van der Waals surface area contributed by atoms with Crippen LogP contribution in [0.4, 0.5) is 10.8 Å². The molecular formula is C15H25N3S. The lowest BCUT2D eigenvalue weighted by Gasteiger charge is -2.39. The first kappa shape index (κ1) is 13.2. The van der Waals surface area contributed by atoms with Crippen LogP contribution in [0.3, 0.4) is 0 Å². The van der Waals surface area contributed by atoms with Gasteiger partial charge in [0.05, 0.1) is 0 Å². The maximum atomic E-state index is 6.06. The summed E-state index contributed by atoms with van der Waals surface area (Å²) in [4.78, 5) is 2.53. The molecular weight excluding hydrogens is 254 g/mol. The zero-order chi connectivity index (χ0) is 13.6. The third kappa shape index (κ3) is 2.60. The molecule has 3 nitrogen and oxygen atoms in total. The first-order valence-electron chi connectivity index (χ1n) is 7.47. The zero-order valence-electron chi connectivity index (χ0n) is 12.3. The molecule has 0 radical (unpaired) electrons. The number of hydrogen-bond acceptors (Lipinski definition) is 4. The van der Waals surface area contributed by atoms with Gasteiger partial charge in [0.1, 0.15) is 10.8 Å². The summed E-state index contributed by atoms with van der Waals surface area (Å²) < 4.78 is 4.40. The van der Waals surface area contributed by atoms with Crippen LogP contribution in [-0.2, 0) is 0 Å².